The molecular weight excluding hydrogens is 500 g/mol. The van der Waals surface area contributed by atoms with Crippen LogP contribution in [-0.4, -0.2) is 20.9 Å². The summed E-state index contributed by atoms with van der Waals surface area (Å²) in [4.78, 5) is 51.3. The number of rotatable bonds is 11. The number of nitrogens with zero attached hydrogens (tertiary/aromatic N) is 2. The lowest BCUT2D eigenvalue weighted by Gasteiger charge is -2.13. The second kappa shape index (κ2) is 12.5. The molecule has 9 heteroatoms. The Hall–Kier alpha value is -3.98. The summed E-state index contributed by atoms with van der Waals surface area (Å²) in [6, 6.07) is 17.2. The minimum atomic E-state index is -0.503. The van der Waals surface area contributed by atoms with Crippen LogP contribution in [0.3, 0.4) is 0 Å². The summed E-state index contributed by atoms with van der Waals surface area (Å²) in [6.45, 7) is 4.43. The fourth-order valence-electron chi connectivity index (χ4n) is 4.39. The zero-order valence-corrected chi connectivity index (χ0v) is 22.5. The zero-order valence-electron chi connectivity index (χ0n) is 21.7. The molecule has 2 aromatic heterocycles. The predicted molar refractivity (Wildman–Crippen MR) is 152 cm³/mol. The minimum absolute atomic E-state index is 0.0248. The average Bonchev–Trinajstić information content (AvgIpc) is 3.39. The van der Waals surface area contributed by atoms with E-state index < -0.39 is 5.69 Å². The van der Waals surface area contributed by atoms with E-state index in [4.69, 9.17) is 0 Å². The van der Waals surface area contributed by atoms with Gasteiger partial charge in [-0.25, -0.2) is 4.79 Å². The molecular formula is C29H32N4O4S. The maximum Gasteiger partial charge on any atom is 0.332 e. The largest absolute Gasteiger partial charge is 0.352 e. The van der Waals surface area contributed by atoms with Crippen molar-refractivity contribution in [2.24, 2.45) is 0 Å². The Labute approximate surface area is 224 Å². The number of hydrogen-bond acceptors (Lipinski definition) is 5. The summed E-state index contributed by atoms with van der Waals surface area (Å²) in [5, 5.41) is 7.54. The third-order valence-electron chi connectivity index (χ3n) is 6.41. The van der Waals surface area contributed by atoms with Crippen LogP contribution in [-0.2, 0) is 29.2 Å². The maximum atomic E-state index is 13.3. The quantitative estimate of drug-likeness (QED) is 0.280. The van der Waals surface area contributed by atoms with Crippen LogP contribution < -0.4 is 21.9 Å². The molecule has 0 radical (unpaired) electrons. The molecule has 8 nitrogen and oxygen atoms in total. The van der Waals surface area contributed by atoms with Crippen LogP contribution in [0.2, 0.25) is 0 Å². The molecule has 0 unspecified atom stereocenters. The van der Waals surface area contributed by atoms with Gasteiger partial charge in [-0.2, -0.15) is 0 Å². The molecule has 0 saturated carbocycles. The zero-order chi connectivity index (χ0) is 27.1. The number of hydrogen-bond donors (Lipinski definition) is 2. The SMILES string of the molecule is Cc1ccc(NC(=O)Cn2c(=O)n(CCCCCC(=O)NCc3ccccc3)c(=O)c3sccc32)c(C)c1. The van der Waals surface area contributed by atoms with Crippen molar-refractivity contribution in [2.45, 2.75) is 59.2 Å². The van der Waals surface area contributed by atoms with E-state index in [9.17, 15) is 19.2 Å². The van der Waals surface area contributed by atoms with Gasteiger partial charge in [0.25, 0.3) is 5.56 Å². The summed E-state index contributed by atoms with van der Waals surface area (Å²) < 4.78 is 3.02. The van der Waals surface area contributed by atoms with Crippen molar-refractivity contribution in [3.8, 4) is 0 Å². The van der Waals surface area contributed by atoms with Gasteiger partial charge >= 0.3 is 5.69 Å². The number of aromatic nitrogens is 2. The van der Waals surface area contributed by atoms with Crippen molar-refractivity contribution in [1.82, 2.24) is 14.5 Å². The van der Waals surface area contributed by atoms with Crippen molar-refractivity contribution in [1.29, 1.82) is 0 Å². The van der Waals surface area contributed by atoms with Gasteiger partial charge in [0.05, 0.1) is 5.52 Å². The van der Waals surface area contributed by atoms with Crippen molar-refractivity contribution >= 4 is 39.1 Å². The van der Waals surface area contributed by atoms with Crippen LogP contribution in [0.4, 0.5) is 5.69 Å². The van der Waals surface area contributed by atoms with Crippen LogP contribution in [0.5, 0.6) is 0 Å². The number of fused-ring (bicyclic) bond motifs is 1. The van der Waals surface area contributed by atoms with Gasteiger partial charge < -0.3 is 10.6 Å². The molecule has 0 bridgehead atoms. The number of carbonyl (C=O) groups excluding carboxylic acids is 2. The molecule has 2 heterocycles. The standard InChI is InChI=1S/C29H32N4O4S/c1-20-12-13-23(21(2)17-20)31-26(35)19-33-24-14-16-38-27(24)28(36)32(29(33)37)15-8-4-7-11-25(34)30-18-22-9-5-3-6-10-22/h3,5-6,9-10,12-14,16-17H,4,7-8,11,15,18-19H2,1-2H3,(H,30,34)(H,31,35). The Kier molecular flexibility index (Phi) is 8.91. The molecule has 2 amide bonds. The molecule has 0 atom stereocenters. The third-order valence-corrected chi connectivity index (χ3v) is 7.30. The van der Waals surface area contributed by atoms with Crippen LogP contribution >= 0.6 is 11.3 Å². The highest BCUT2D eigenvalue weighted by Gasteiger charge is 2.17. The van der Waals surface area contributed by atoms with Crippen LogP contribution in [0, 0.1) is 13.8 Å². The number of aryl methyl sites for hydroxylation is 2. The van der Waals surface area contributed by atoms with Crippen LogP contribution in [0.25, 0.3) is 10.2 Å². The minimum Gasteiger partial charge on any atom is -0.352 e. The lowest BCUT2D eigenvalue weighted by molar-refractivity contribution is -0.121. The number of carbonyl (C=O) groups is 2. The van der Waals surface area contributed by atoms with Gasteiger partial charge in [-0.05, 0) is 55.3 Å². The van der Waals surface area contributed by atoms with E-state index in [1.54, 1.807) is 11.4 Å². The Morgan fingerprint density at radius 3 is 2.45 bits per heavy atom. The van der Waals surface area contributed by atoms with Crippen molar-refractivity contribution in [3.05, 3.63) is 97.5 Å². The molecule has 0 aliphatic carbocycles. The third kappa shape index (κ3) is 6.66. The van der Waals surface area contributed by atoms with Gasteiger partial charge in [-0.3, -0.25) is 23.5 Å². The van der Waals surface area contributed by atoms with Gasteiger partial charge in [-0.1, -0.05) is 54.4 Å². The van der Waals surface area contributed by atoms with E-state index in [0.29, 0.717) is 48.1 Å². The number of thiophene rings is 1. The Morgan fingerprint density at radius 1 is 0.895 bits per heavy atom. The number of nitrogens with one attached hydrogen (secondary N) is 2. The van der Waals surface area contributed by atoms with Crippen molar-refractivity contribution in [3.63, 3.8) is 0 Å². The van der Waals surface area contributed by atoms with Gasteiger partial charge in [0.2, 0.25) is 11.8 Å². The van der Waals surface area contributed by atoms with Crippen LogP contribution in [0.1, 0.15) is 42.4 Å². The lowest BCUT2D eigenvalue weighted by atomic mass is 10.1. The van der Waals surface area contributed by atoms with E-state index in [-0.39, 0.29) is 30.5 Å². The number of unbranched alkanes of at least 4 members (excludes halogenated alkanes) is 2. The fraction of sp³-hybridized carbons (Fsp3) is 0.310. The average molecular weight is 533 g/mol. The smallest absolute Gasteiger partial charge is 0.332 e. The first-order chi connectivity index (χ1) is 18.3. The lowest BCUT2D eigenvalue weighted by Crippen LogP contribution is -2.41. The van der Waals surface area contributed by atoms with Gasteiger partial charge in [-0.15, -0.1) is 11.3 Å². The van der Waals surface area contributed by atoms with Gasteiger partial charge in [0.15, 0.2) is 0 Å². The highest BCUT2D eigenvalue weighted by molar-refractivity contribution is 7.17. The maximum absolute atomic E-state index is 13.3. The normalized spacial score (nSPS) is 11.0. The van der Waals surface area contributed by atoms with E-state index >= 15 is 0 Å². The first kappa shape index (κ1) is 27.1. The molecule has 2 N–H and O–H groups in total. The van der Waals surface area contributed by atoms with Crippen LogP contribution in [0.15, 0.2) is 69.6 Å². The highest BCUT2D eigenvalue weighted by Crippen LogP contribution is 2.18. The Morgan fingerprint density at radius 2 is 1.68 bits per heavy atom. The summed E-state index contributed by atoms with van der Waals surface area (Å²) in [6.07, 6.45) is 2.31. The van der Waals surface area contributed by atoms with Gasteiger partial charge in [0, 0.05) is 25.2 Å². The molecule has 0 spiro atoms. The van der Waals surface area contributed by atoms with E-state index in [1.807, 2.05) is 62.4 Å². The molecule has 2 aromatic carbocycles. The van der Waals surface area contributed by atoms with E-state index in [1.165, 1.54) is 20.5 Å². The number of amides is 2. The monoisotopic (exact) mass is 532 g/mol. The summed E-state index contributed by atoms with van der Waals surface area (Å²) in [7, 11) is 0. The number of anilines is 1. The van der Waals surface area contributed by atoms with E-state index in [2.05, 4.69) is 10.6 Å². The fourth-order valence-corrected chi connectivity index (χ4v) is 5.23. The van der Waals surface area contributed by atoms with Crippen molar-refractivity contribution < 1.29 is 9.59 Å². The second-order valence-electron chi connectivity index (χ2n) is 9.40. The van der Waals surface area contributed by atoms with Crippen molar-refractivity contribution in [2.75, 3.05) is 5.32 Å². The summed E-state index contributed by atoms with van der Waals surface area (Å²) >= 11 is 1.26. The molecule has 0 fully saturated rings. The molecule has 4 rings (SSSR count). The molecule has 198 valence electrons. The first-order valence-corrected chi connectivity index (χ1v) is 13.6. The summed E-state index contributed by atoms with van der Waals surface area (Å²) in [5.41, 5.74) is 3.39. The highest BCUT2D eigenvalue weighted by atomic mass is 32.1. The first-order valence-electron chi connectivity index (χ1n) is 12.7. The number of benzene rings is 2. The predicted octanol–water partition coefficient (Wildman–Crippen LogP) is 4.36. The summed E-state index contributed by atoms with van der Waals surface area (Å²) in [5.74, 6) is -0.360. The molecule has 0 saturated heterocycles. The molecule has 4 aromatic rings. The Balaban J connectivity index is 1.36. The Bertz CT molecular complexity index is 1550. The second-order valence-corrected chi connectivity index (χ2v) is 10.3. The van der Waals surface area contributed by atoms with E-state index in [0.717, 1.165) is 16.7 Å². The molecule has 0 aliphatic heterocycles. The molecule has 38 heavy (non-hydrogen) atoms. The van der Waals surface area contributed by atoms with Gasteiger partial charge in [0.1, 0.15) is 11.2 Å². The topological polar surface area (TPSA) is 102 Å². The molecule has 0 aliphatic rings.